The van der Waals surface area contributed by atoms with Crippen LogP contribution in [0.15, 0.2) is 24.3 Å². The molecule has 0 heterocycles. The Morgan fingerprint density at radius 1 is 1.28 bits per heavy atom. The van der Waals surface area contributed by atoms with Crippen molar-refractivity contribution in [3.05, 3.63) is 29.8 Å². The summed E-state index contributed by atoms with van der Waals surface area (Å²) in [4.78, 5) is 23.4. The monoisotopic (exact) mass is 350 g/mol. The second kappa shape index (κ2) is 10.0. The van der Waals surface area contributed by atoms with Gasteiger partial charge in [0, 0.05) is 18.7 Å². The predicted octanol–water partition coefficient (Wildman–Crippen LogP) is 3.76. The number of nitrogens with one attached hydrogen (secondary N) is 2. The first-order valence-corrected chi connectivity index (χ1v) is 8.76. The lowest BCUT2D eigenvalue weighted by Crippen LogP contribution is -2.33. The van der Waals surface area contributed by atoms with E-state index in [0.29, 0.717) is 30.6 Å². The van der Waals surface area contributed by atoms with Crippen LogP contribution in [-0.4, -0.2) is 29.3 Å². The summed E-state index contributed by atoms with van der Waals surface area (Å²) in [6.45, 7) is 7.71. The van der Waals surface area contributed by atoms with E-state index in [2.05, 4.69) is 10.6 Å². The number of unbranched alkanes of at least 4 members (excludes halogenated alkanes) is 1. The molecule has 0 bridgehead atoms. The first-order chi connectivity index (χ1) is 11.7. The number of ether oxygens (including phenoxy) is 1. The topological polar surface area (TPSA) is 87.7 Å². The molecule has 1 aromatic carbocycles. The average molecular weight is 350 g/mol. The number of carbonyl (C=O) groups excluding carboxylic acids is 2. The van der Waals surface area contributed by atoms with Crippen molar-refractivity contribution in [2.75, 3.05) is 11.9 Å². The number of benzene rings is 1. The second-order valence-corrected chi connectivity index (χ2v) is 7.01. The summed E-state index contributed by atoms with van der Waals surface area (Å²) >= 11 is 0. The van der Waals surface area contributed by atoms with Gasteiger partial charge in [-0.25, -0.2) is 4.79 Å². The van der Waals surface area contributed by atoms with Gasteiger partial charge in [-0.15, -0.1) is 0 Å². The standard InChI is InChI=1S/C19H30N2O4/c1-5-6-10-17(23)21-15-9-7-8-14(13-15)16(22)11-12-20-18(24)25-19(2,3)4/h7-9,13,16,22H,5-6,10-12H2,1-4H3,(H,20,24)(H,21,23). The van der Waals surface area contributed by atoms with Gasteiger partial charge < -0.3 is 20.5 Å². The van der Waals surface area contributed by atoms with E-state index in [0.717, 1.165) is 12.8 Å². The van der Waals surface area contributed by atoms with Crippen molar-refractivity contribution in [3.8, 4) is 0 Å². The summed E-state index contributed by atoms with van der Waals surface area (Å²) in [5, 5.41) is 15.7. The number of rotatable bonds is 8. The zero-order chi connectivity index (χ0) is 18.9. The minimum atomic E-state index is -0.734. The number of hydrogen-bond donors (Lipinski definition) is 3. The van der Waals surface area contributed by atoms with Crippen molar-refractivity contribution in [1.82, 2.24) is 5.32 Å². The Morgan fingerprint density at radius 3 is 2.64 bits per heavy atom. The number of amides is 2. The van der Waals surface area contributed by atoms with Crippen LogP contribution >= 0.6 is 0 Å². The van der Waals surface area contributed by atoms with Gasteiger partial charge >= 0.3 is 6.09 Å². The highest BCUT2D eigenvalue weighted by Crippen LogP contribution is 2.20. The van der Waals surface area contributed by atoms with Crippen LogP contribution in [0, 0.1) is 0 Å². The van der Waals surface area contributed by atoms with Crippen LogP contribution in [0.2, 0.25) is 0 Å². The van der Waals surface area contributed by atoms with Gasteiger partial charge in [-0.05, 0) is 51.3 Å². The third-order valence-corrected chi connectivity index (χ3v) is 3.40. The van der Waals surface area contributed by atoms with Gasteiger partial charge in [0.05, 0.1) is 6.10 Å². The Morgan fingerprint density at radius 2 is 2.00 bits per heavy atom. The molecule has 0 saturated heterocycles. The minimum absolute atomic E-state index is 0.0277. The van der Waals surface area contributed by atoms with Crippen molar-refractivity contribution < 1.29 is 19.4 Å². The normalized spacial score (nSPS) is 12.4. The number of alkyl carbamates (subject to hydrolysis) is 1. The molecular weight excluding hydrogens is 320 g/mol. The molecular formula is C19H30N2O4. The Bertz CT molecular complexity index is 567. The van der Waals surface area contributed by atoms with Gasteiger partial charge in [0.25, 0.3) is 0 Å². The van der Waals surface area contributed by atoms with Crippen LogP contribution in [-0.2, 0) is 9.53 Å². The fourth-order valence-corrected chi connectivity index (χ4v) is 2.18. The maximum absolute atomic E-state index is 11.8. The first-order valence-electron chi connectivity index (χ1n) is 8.76. The van der Waals surface area contributed by atoms with Gasteiger partial charge in [-0.1, -0.05) is 25.5 Å². The maximum Gasteiger partial charge on any atom is 0.407 e. The Labute approximate surface area is 150 Å². The summed E-state index contributed by atoms with van der Waals surface area (Å²) in [5.74, 6) is -0.0277. The quantitative estimate of drug-likeness (QED) is 0.666. The number of aliphatic hydroxyl groups is 1. The molecule has 6 nitrogen and oxygen atoms in total. The molecule has 0 spiro atoms. The largest absolute Gasteiger partial charge is 0.444 e. The molecule has 140 valence electrons. The third kappa shape index (κ3) is 9.10. The summed E-state index contributed by atoms with van der Waals surface area (Å²) in [5.41, 5.74) is 0.810. The van der Waals surface area contributed by atoms with Crippen LogP contribution in [0.25, 0.3) is 0 Å². The molecule has 0 aliphatic rings. The fourth-order valence-electron chi connectivity index (χ4n) is 2.18. The number of anilines is 1. The Kier molecular flexibility index (Phi) is 8.41. The highest BCUT2D eigenvalue weighted by molar-refractivity contribution is 5.90. The number of hydrogen-bond acceptors (Lipinski definition) is 4. The van der Waals surface area contributed by atoms with Gasteiger partial charge in [0.2, 0.25) is 5.91 Å². The lowest BCUT2D eigenvalue weighted by Gasteiger charge is -2.20. The van der Waals surface area contributed by atoms with Crippen LogP contribution in [0.1, 0.15) is 65.0 Å². The summed E-state index contributed by atoms with van der Waals surface area (Å²) in [7, 11) is 0. The lowest BCUT2D eigenvalue weighted by atomic mass is 10.1. The van der Waals surface area contributed by atoms with Crippen LogP contribution < -0.4 is 10.6 Å². The SMILES string of the molecule is CCCCC(=O)Nc1cccc(C(O)CCNC(=O)OC(C)(C)C)c1. The van der Waals surface area contributed by atoms with Crippen molar-refractivity contribution in [2.45, 2.75) is 65.1 Å². The van der Waals surface area contributed by atoms with Crippen LogP contribution in [0.3, 0.4) is 0 Å². The summed E-state index contributed by atoms with van der Waals surface area (Å²) in [6, 6.07) is 7.12. The molecule has 1 atom stereocenters. The molecule has 1 aromatic rings. The van der Waals surface area contributed by atoms with Crippen LogP contribution in [0.5, 0.6) is 0 Å². The van der Waals surface area contributed by atoms with E-state index < -0.39 is 17.8 Å². The third-order valence-electron chi connectivity index (χ3n) is 3.40. The van der Waals surface area contributed by atoms with Crippen molar-refractivity contribution >= 4 is 17.7 Å². The highest BCUT2D eigenvalue weighted by atomic mass is 16.6. The molecule has 0 aromatic heterocycles. The molecule has 1 rings (SSSR count). The molecule has 0 radical (unpaired) electrons. The van der Waals surface area contributed by atoms with E-state index in [9.17, 15) is 14.7 Å². The number of carbonyl (C=O) groups is 2. The van der Waals surface area contributed by atoms with E-state index in [1.165, 1.54) is 0 Å². The van der Waals surface area contributed by atoms with Gasteiger partial charge in [0.15, 0.2) is 0 Å². The highest BCUT2D eigenvalue weighted by Gasteiger charge is 2.16. The molecule has 0 saturated carbocycles. The molecule has 0 fully saturated rings. The van der Waals surface area contributed by atoms with Crippen molar-refractivity contribution in [1.29, 1.82) is 0 Å². The molecule has 3 N–H and O–H groups in total. The zero-order valence-corrected chi connectivity index (χ0v) is 15.6. The Hall–Kier alpha value is -2.08. The van der Waals surface area contributed by atoms with Gasteiger partial charge in [0.1, 0.15) is 5.60 Å². The lowest BCUT2D eigenvalue weighted by molar-refractivity contribution is -0.116. The summed E-state index contributed by atoms with van der Waals surface area (Å²) in [6.07, 6.45) is 1.43. The molecule has 0 aliphatic heterocycles. The molecule has 1 unspecified atom stereocenters. The van der Waals surface area contributed by atoms with Crippen molar-refractivity contribution in [2.24, 2.45) is 0 Å². The van der Waals surface area contributed by atoms with E-state index in [4.69, 9.17) is 4.74 Å². The van der Waals surface area contributed by atoms with Gasteiger partial charge in [-0.3, -0.25) is 4.79 Å². The second-order valence-electron chi connectivity index (χ2n) is 7.01. The minimum Gasteiger partial charge on any atom is -0.444 e. The molecule has 2 amide bonds. The van der Waals surface area contributed by atoms with E-state index in [-0.39, 0.29) is 5.91 Å². The molecule has 6 heteroatoms. The molecule has 25 heavy (non-hydrogen) atoms. The zero-order valence-electron chi connectivity index (χ0n) is 15.6. The summed E-state index contributed by atoms with van der Waals surface area (Å²) < 4.78 is 5.14. The van der Waals surface area contributed by atoms with Crippen molar-refractivity contribution in [3.63, 3.8) is 0 Å². The maximum atomic E-state index is 11.8. The number of aliphatic hydroxyl groups excluding tert-OH is 1. The van der Waals surface area contributed by atoms with E-state index in [1.807, 2.05) is 6.92 Å². The predicted molar refractivity (Wildman–Crippen MR) is 98.4 cm³/mol. The average Bonchev–Trinajstić information content (AvgIpc) is 2.51. The van der Waals surface area contributed by atoms with Gasteiger partial charge in [-0.2, -0.15) is 0 Å². The fraction of sp³-hybridized carbons (Fsp3) is 0.579. The van der Waals surface area contributed by atoms with E-state index >= 15 is 0 Å². The van der Waals surface area contributed by atoms with Crippen LogP contribution in [0.4, 0.5) is 10.5 Å². The molecule has 0 aliphatic carbocycles. The smallest absolute Gasteiger partial charge is 0.407 e. The Balaban J connectivity index is 2.47. The van der Waals surface area contributed by atoms with E-state index in [1.54, 1.807) is 45.0 Å². The first kappa shape index (κ1) is 21.0.